The number of carbonyl (C=O) groups is 2. The van der Waals surface area contributed by atoms with E-state index in [0.29, 0.717) is 29.6 Å². The highest BCUT2D eigenvalue weighted by atomic mass is 79.9. The van der Waals surface area contributed by atoms with Crippen LogP contribution in [0.15, 0.2) is 65.1 Å². The number of carbonyl (C=O) groups excluding carboxylic acids is 2. The van der Waals surface area contributed by atoms with Gasteiger partial charge in [-0.2, -0.15) is 0 Å². The van der Waals surface area contributed by atoms with Crippen LogP contribution in [0.25, 0.3) is 10.8 Å². The van der Waals surface area contributed by atoms with Gasteiger partial charge in [-0.25, -0.2) is 0 Å². The highest BCUT2D eigenvalue weighted by Crippen LogP contribution is 2.32. The second-order valence-corrected chi connectivity index (χ2v) is 8.24. The number of fused-ring (bicyclic) bond motifs is 1. The zero-order valence-corrected chi connectivity index (χ0v) is 19.1. The fraction of sp³-hybridized carbons (Fsp3) is 0.250. The van der Waals surface area contributed by atoms with Crippen molar-refractivity contribution in [3.63, 3.8) is 0 Å². The molecule has 0 aliphatic rings. The zero-order valence-electron chi connectivity index (χ0n) is 17.5. The van der Waals surface area contributed by atoms with Gasteiger partial charge in [-0.15, -0.1) is 0 Å². The molecule has 0 aliphatic carbocycles. The van der Waals surface area contributed by atoms with Crippen molar-refractivity contribution in [3.05, 3.63) is 70.7 Å². The fourth-order valence-electron chi connectivity index (χ4n) is 2.84. The molecule has 162 valence electrons. The van der Waals surface area contributed by atoms with Gasteiger partial charge < -0.3 is 9.47 Å². The van der Waals surface area contributed by atoms with E-state index < -0.39 is 11.8 Å². The number of benzene rings is 3. The molecule has 3 rings (SSSR count). The summed E-state index contributed by atoms with van der Waals surface area (Å²) >= 11 is 3.52. The smallest absolute Gasteiger partial charge is 0.276 e. The number of rotatable bonds is 8. The number of ether oxygens (including phenoxy) is 2. The minimum atomic E-state index is -0.474. The van der Waals surface area contributed by atoms with Crippen molar-refractivity contribution in [1.82, 2.24) is 10.9 Å². The van der Waals surface area contributed by atoms with Crippen molar-refractivity contribution in [2.24, 2.45) is 5.92 Å². The third-order valence-electron chi connectivity index (χ3n) is 4.56. The molecular weight excluding hydrogens is 460 g/mol. The largest absolute Gasteiger partial charge is 0.494 e. The number of hydrogen-bond acceptors (Lipinski definition) is 4. The Morgan fingerprint density at radius 3 is 2.58 bits per heavy atom. The monoisotopic (exact) mass is 484 g/mol. The SMILES string of the molecule is CC(C)CCOc1cccc(C(=O)NNC(=O)COc2ccc3ccccc3c2Br)c1. The van der Waals surface area contributed by atoms with Gasteiger partial charge in [-0.1, -0.05) is 50.2 Å². The fourth-order valence-corrected chi connectivity index (χ4v) is 3.45. The van der Waals surface area contributed by atoms with Crippen LogP contribution in [-0.2, 0) is 4.79 Å². The van der Waals surface area contributed by atoms with E-state index in [2.05, 4.69) is 40.6 Å². The summed E-state index contributed by atoms with van der Waals surface area (Å²) in [7, 11) is 0. The average molecular weight is 485 g/mol. The van der Waals surface area contributed by atoms with Gasteiger partial charge in [0.25, 0.3) is 11.8 Å². The highest BCUT2D eigenvalue weighted by Gasteiger charge is 2.11. The van der Waals surface area contributed by atoms with E-state index >= 15 is 0 Å². The maximum atomic E-state index is 12.3. The van der Waals surface area contributed by atoms with Crippen LogP contribution in [-0.4, -0.2) is 25.0 Å². The van der Waals surface area contributed by atoms with Gasteiger partial charge in [-0.3, -0.25) is 20.4 Å². The molecule has 0 unspecified atom stereocenters. The standard InChI is InChI=1S/C24H25BrN2O4/c1-16(2)12-13-30-19-8-5-7-18(14-19)24(29)27-26-22(28)15-31-21-11-10-17-6-3-4-9-20(17)23(21)25/h3-11,14,16H,12-13,15H2,1-2H3,(H,26,28)(H,27,29). The van der Waals surface area contributed by atoms with E-state index in [9.17, 15) is 9.59 Å². The van der Waals surface area contributed by atoms with E-state index in [1.54, 1.807) is 30.3 Å². The van der Waals surface area contributed by atoms with Crippen LogP contribution >= 0.6 is 15.9 Å². The second-order valence-electron chi connectivity index (χ2n) is 7.45. The molecule has 0 aliphatic heterocycles. The van der Waals surface area contributed by atoms with Gasteiger partial charge >= 0.3 is 0 Å². The van der Waals surface area contributed by atoms with E-state index in [4.69, 9.17) is 9.47 Å². The van der Waals surface area contributed by atoms with Crippen molar-refractivity contribution < 1.29 is 19.1 Å². The molecule has 31 heavy (non-hydrogen) atoms. The molecule has 0 saturated heterocycles. The Balaban J connectivity index is 1.49. The van der Waals surface area contributed by atoms with Crippen molar-refractivity contribution >= 4 is 38.5 Å². The molecule has 2 N–H and O–H groups in total. The highest BCUT2D eigenvalue weighted by molar-refractivity contribution is 9.10. The van der Waals surface area contributed by atoms with E-state index in [-0.39, 0.29) is 6.61 Å². The average Bonchev–Trinajstić information content (AvgIpc) is 2.77. The molecule has 0 radical (unpaired) electrons. The van der Waals surface area contributed by atoms with Crippen LogP contribution in [0, 0.1) is 5.92 Å². The Hall–Kier alpha value is -3.06. The molecular formula is C24H25BrN2O4. The van der Waals surface area contributed by atoms with Gasteiger partial charge in [0.15, 0.2) is 6.61 Å². The summed E-state index contributed by atoms with van der Waals surface area (Å²) < 4.78 is 12.0. The van der Waals surface area contributed by atoms with Gasteiger partial charge in [0, 0.05) is 5.56 Å². The number of nitrogens with one attached hydrogen (secondary N) is 2. The topological polar surface area (TPSA) is 76.7 Å². The van der Waals surface area contributed by atoms with Gasteiger partial charge in [-0.05, 0) is 63.3 Å². The second kappa shape index (κ2) is 10.8. The lowest BCUT2D eigenvalue weighted by atomic mass is 10.1. The molecule has 0 spiro atoms. The predicted octanol–water partition coefficient (Wildman–Crippen LogP) is 4.87. The third kappa shape index (κ3) is 6.46. The minimum Gasteiger partial charge on any atom is -0.494 e. The Kier molecular flexibility index (Phi) is 7.89. The first-order valence-electron chi connectivity index (χ1n) is 10.1. The molecule has 0 fully saturated rings. The zero-order chi connectivity index (χ0) is 22.2. The van der Waals surface area contributed by atoms with E-state index in [1.807, 2.05) is 30.3 Å². The van der Waals surface area contributed by atoms with Crippen LogP contribution in [0.3, 0.4) is 0 Å². The molecule has 0 bridgehead atoms. The normalized spacial score (nSPS) is 10.7. The quantitative estimate of drug-likeness (QED) is 0.447. The molecule has 6 nitrogen and oxygen atoms in total. The third-order valence-corrected chi connectivity index (χ3v) is 5.38. The van der Waals surface area contributed by atoms with Crippen LogP contribution < -0.4 is 20.3 Å². The lowest BCUT2D eigenvalue weighted by molar-refractivity contribution is -0.123. The van der Waals surface area contributed by atoms with Crippen molar-refractivity contribution in [2.45, 2.75) is 20.3 Å². The molecule has 2 amide bonds. The van der Waals surface area contributed by atoms with Crippen molar-refractivity contribution in [1.29, 1.82) is 0 Å². The summed E-state index contributed by atoms with van der Waals surface area (Å²) in [5.74, 6) is 0.793. The Bertz CT molecular complexity index is 1070. The Morgan fingerprint density at radius 1 is 0.968 bits per heavy atom. The summed E-state index contributed by atoms with van der Waals surface area (Å²) in [6.07, 6.45) is 0.930. The molecule has 0 aromatic heterocycles. The summed E-state index contributed by atoms with van der Waals surface area (Å²) in [6, 6.07) is 18.4. The summed E-state index contributed by atoms with van der Waals surface area (Å²) in [5.41, 5.74) is 5.15. The Labute approximate surface area is 190 Å². The summed E-state index contributed by atoms with van der Waals surface area (Å²) in [4.78, 5) is 24.4. The van der Waals surface area contributed by atoms with Crippen LogP contribution in [0.4, 0.5) is 0 Å². The summed E-state index contributed by atoms with van der Waals surface area (Å²) in [6.45, 7) is 4.59. The first kappa shape index (κ1) is 22.6. The lowest BCUT2D eigenvalue weighted by Crippen LogP contribution is -2.43. The number of hydrazine groups is 1. The molecule has 0 atom stereocenters. The predicted molar refractivity (Wildman–Crippen MR) is 124 cm³/mol. The number of hydrogen-bond donors (Lipinski definition) is 2. The van der Waals surface area contributed by atoms with Crippen LogP contribution in [0.5, 0.6) is 11.5 Å². The molecule has 0 heterocycles. The van der Waals surface area contributed by atoms with E-state index in [0.717, 1.165) is 21.7 Å². The molecule has 3 aromatic rings. The first-order valence-corrected chi connectivity index (χ1v) is 10.9. The van der Waals surface area contributed by atoms with Gasteiger partial charge in [0.05, 0.1) is 11.1 Å². The maximum Gasteiger partial charge on any atom is 0.276 e. The number of amides is 2. The van der Waals surface area contributed by atoms with Gasteiger partial charge in [0.1, 0.15) is 11.5 Å². The van der Waals surface area contributed by atoms with E-state index in [1.165, 1.54) is 0 Å². The molecule has 3 aromatic carbocycles. The van der Waals surface area contributed by atoms with Crippen LogP contribution in [0.2, 0.25) is 0 Å². The van der Waals surface area contributed by atoms with Crippen molar-refractivity contribution in [3.8, 4) is 11.5 Å². The Morgan fingerprint density at radius 2 is 1.77 bits per heavy atom. The van der Waals surface area contributed by atoms with Gasteiger partial charge in [0.2, 0.25) is 0 Å². The summed E-state index contributed by atoms with van der Waals surface area (Å²) in [5, 5.41) is 2.05. The van der Waals surface area contributed by atoms with Crippen molar-refractivity contribution in [2.75, 3.05) is 13.2 Å². The maximum absolute atomic E-state index is 12.3. The molecule has 7 heteroatoms. The minimum absolute atomic E-state index is 0.241. The molecule has 0 saturated carbocycles. The van der Waals surface area contributed by atoms with Crippen LogP contribution in [0.1, 0.15) is 30.6 Å². The number of halogens is 1. The first-order chi connectivity index (χ1) is 14.9. The lowest BCUT2D eigenvalue weighted by Gasteiger charge is -2.12.